The number of hydrogen-bond donors (Lipinski definition) is 0. The van der Waals surface area contributed by atoms with E-state index < -0.39 is 11.9 Å². The molecule has 132 valence electrons. The Morgan fingerprint density at radius 1 is 0.750 bits per heavy atom. The van der Waals surface area contributed by atoms with Gasteiger partial charge in [-0.2, -0.15) is 0 Å². The van der Waals surface area contributed by atoms with Gasteiger partial charge in [-0.1, -0.05) is 0 Å². The Kier molecular flexibility index (Phi) is 7.16. The third-order valence-corrected chi connectivity index (χ3v) is 3.68. The second-order valence-corrected chi connectivity index (χ2v) is 5.39. The normalized spacial score (nSPS) is 21.2. The molecule has 0 bridgehead atoms. The quantitative estimate of drug-likeness (QED) is 0.525. The van der Waals surface area contributed by atoms with Gasteiger partial charge < -0.3 is 19.3 Å². The van der Waals surface area contributed by atoms with Crippen LogP contribution in [0, 0.1) is 0 Å². The van der Waals surface area contributed by atoms with Gasteiger partial charge in [0, 0.05) is 49.5 Å². The van der Waals surface area contributed by atoms with Crippen molar-refractivity contribution in [3.63, 3.8) is 0 Å². The molecule has 8 heteroatoms. The van der Waals surface area contributed by atoms with Gasteiger partial charge in [0.05, 0.1) is 14.2 Å². The molecule has 0 saturated carbocycles. The van der Waals surface area contributed by atoms with Crippen LogP contribution in [0.2, 0.25) is 0 Å². The van der Waals surface area contributed by atoms with Crippen LogP contribution in [0.1, 0.15) is 13.8 Å². The number of nitrogens with zero attached hydrogens (tertiary/aromatic N) is 2. The summed E-state index contributed by atoms with van der Waals surface area (Å²) in [5, 5.41) is 0. The highest BCUT2D eigenvalue weighted by Gasteiger charge is 2.32. The van der Waals surface area contributed by atoms with Crippen LogP contribution in [-0.2, 0) is 28.7 Å². The second kappa shape index (κ2) is 8.85. The van der Waals surface area contributed by atoms with Crippen LogP contribution in [-0.4, -0.2) is 72.9 Å². The van der Waals surface area contributed by atoms with Crippen molar-refractivity contribution >= 4 is 23.8 Å². The van der Waals surface area contributed by atoms with E-state index in [-0.39, 0.29) is 23.9 Å². The summed E-state index contributed by atoms with van der Waals surface area (Å²) in [5.41, 5.74) is 0. The summed E-state index contributed by atoms with van der Waals surface area (Å²) in [6.45, 7) is 4.26. The summed E-state index contributed by atoms with van der Waals surface area (Å²) in [7, 11) is 2.46. The molecule has 8 nitrogen and oxygen atoms in total. The largest absolute Gasteiger partial charge is 0.466 e. The van der Waals surface area contributed by atoms with E-state index in [0.29, 0.717) is 13.1 Å². The van der Waals surface area contributed by atoms with Crippen molar-refractivity contribution in [3.05, 3.63) is 24.3 Å². The molecule has 24 heavy (non-hydrogen) atoms. The third-order valence-electron chi connectivity index (χ3n) is 3.68. The van der Waals surface area contributed by atoms with E-state index in [0.717, 1.165) is 24.3 Å². The summed E-state index contributed by atoms with van der Waals surface area (Å²) in [4.78, 5) is 49.6. The summed E-state index contributed by atoms with van der Waals surface area (Å²) >= 11 is 0. The highest BCUT2D eigenvalue weighted by Crippen LogP contribution is 2.16. The van der Waals surface area contributed by atoms with Gasteiger partial charge in [0.15, 0.2) is 0 Å². The Hall–Kier alpha value is -2.64. The number of methoxy groups -OCH3 is 2. The van der Waals surface area contributed by atoms with Gasteiger partial charge in [0.25, 0.3) is 0 Å². The fourth-order valence-electron chi connectivity index (χ4n) is 2.35. The number of carbonyl (C=O) groups excluding carboxylic acids is 4. The standard InChI is InChI=1S/C16H22N2O6/c1-11-9-18(14(20)6-8-16(22)24-4)12(2)10-17(11)13(19)5-7-15(21)23-3/h5-8,11-12H,9-10H2,1-4H3/b7-5-,8-6-/t11-,12-/m1/s1. The zero-order chi connectivity index (χ0) is 18.3. The molecule has 2 atom stereocenters. The highest BCUT2D eigenvalue weighted by molar-refractivity contribution is 5.96. The van der Waals surface area contributed by atoms with Gasteiger partial charge in [0.1, 0.15) is 0 Å². The van der Waals surface area contributed by atoms with E-state index in [1.807, 2.05) is 0 Å². The molecule has 0 aliphatic carbocycles. The van der Waals surface area contributed by atoms with Crippen molar-refractivity contribution in [3.8, 4) is 0 Å². The van der Waals surface area contributed by atoms with Crippen LogP contribution in [0.15, 0.2) is 24.3 Å². The van der Waals surface area contributed by atoms with Gasteiger partial charge >= 0.3 is 11.9 Å². The monoisotopic (exact) mass is 338 g/mol. The van der Waals surface area contributed by atoms with Crippen molar-refractivity contribution in [1.82, 2.24) is 9.80 Å². The van der Waals surface area contributed by atoms with E-state index >= 15 is 0 Å². The number of esters is 2. The lowest BCUT2D eigenvalue weighted by atomic mass is 10.1. The zero-order valence-corrected chi connectivity index (χ0v) is 14.2. The number of carbonyl (C=O) groups is 4. The molecule has 1 saturated heterocycles. The maximum atomic E-state index is 12.2. The lowest BCUT2D eigenvalue weighted by Gasteiger charge is -2.43. The number of ether oxygens (including phenoxy) is 2. The molecule has 0 aromatic carbocycles. The van der Waals surface area contributed by atoms with Gasteiger partial charge in [-0.3, -0.25) is 9.59 Å². The zero-order valence-electron chi connectivity index (χ0n) is 14.2. The van der Waals surface area contributed by atoms with Gasteiger partial charge in [-0.05, 0) is 13.8 Å². The summed E-state index contributed by atoms with van der Waals surface area (Å²) in [6, 6.07) is -0.460. The van der Waals surface area contributed by atoms with Crippen molar-refractivity contribution in [2.24, 2.45) is 0 Å². The maximum absolute atomic E-state index is 12.2. The first-order valence-corrected chi connectivity index (χ1v) is 7.43. The number of amides is 2. The summed E-state index contributed by atoms with van der Waals surface area (Å²) in [5.74, 6) is -1.86. The first kappa shape index (κ1) is 19.4. The molecule has 0 aromatic heterocycles. The van der Waals surface area contributed by atoms with E-state index in [1.165, 1.54) is 14.2 Å². The molecule has 0 radical (unpaired) electrons. The molecule has 0 aromatic rings. The molecule has 1 rings (SSSR count). The van der Waals surface area contributed by atoms with Crippen LogP contribution < -0.4 is 0 Å². The van der Waals surface area contributed by atoms with Crippen molar-refractivity contribution in [2.45, 2.75) is 25.9 Å². The van der Waals surface area contributed by atoms with Crippen molar-refractivity contribution in [2.75, 3.05) is 27.3 Å². The van der Waals surface area contributed by atoms with Gasteiger partial charge in [0.2, 0.25) is 11.8 Å². The number of piperazine rings is 1. The predicted octanol–water partition coefficient (Wildman–Crippen LogP) is -0.107. The average Bonchev–Trinajstić information content (AvgIpc) is 2.58. The van der Waals surface area contributed by atoms with Gasteiger partial charge in [-0.15, -0.1) is 0 Å². The Labute approximate surface area is 140 Å². The first-order valence-electron chi connectivity index (χ1n) is 7.43. The SMILES string of the molecule is COC(=O)/C=C\C(=O)N1C[C@@H](C)N(C(=O)/C=C\C(=O)OC)C[C@H]1C. The van der Waals surface area contributed by atoms with Crippen LogP contribution in [0.5, 0.6) is 0 Å². The summed E-state index contributed by atoms with van der Waals surface area (Å²) in [6.07, 6.45) is 4.44. The minimum Gasteiger partial charge on any atom is -0.466 e. The molecule has 2 amide bonds. The molecular formula is C16H22N2O6. The molecule has 1 aliphatic rings. The lowest BCUT2D eigenvalue weighted by molar-refractivity contribution is -0.140. The maximum Gasteiger partial charge on any atom is 0.330 e. The Morgan fingerprint density at radius 2 is 1.08 bits per heavy atom. The molecule has 1 aliphatic heterocycles. The summed E-state index contributed by atoms with van der Waals surface area (Å²) < 4.78 is 8.89. The van der Waals surface area contributed by atoms with Gasteiger partial charge in [-0.25, -0.2) is 9.59 Å². The minimum atomic E-state index is -0.606. The van der Waals surface area contributed by atoms with Crippen LogP contribution in [0.4, 0.5) is 0 Å². The number of hydrogen-bond acceptors (Lipinski definition) is 6. The Morgan fingerprint density at radius 3 is 1.38 bits per heavy atom. The average molecular weight is 338 g/mol. The third kappa shape index (κ3) is 5.22. The highest BCUT2D eigenvalue weighted by atomic mass is 16.5. The minimum absolute atomic E-state index is 0.230. The van der Waals surface area contributed by atoms with Crippen LogP contribution in [0.25, 0.3) is 0 Å². The predicted molar refractivity (Wildman–Crippen MR) is 84.7 cm³/mol. The Balaban J connectivity index is 2.73. The molecular weight excluding hydrogens is 316 g/mol. The van der Waals surface area contributed by atoms with Crippen LogP contribution >= 0.6 is 0 Å². The first-order chi connectivity index (χ1) is 11.3. The molecule has 1 fully saturated rings. The fourth-order valence-corrected chi connectivity index (χ4v) is 2.35. The van der Waals surface area contributed by atoms with E-state index in [4.69, 9.17) is 0 Å². The lowest BCUT2D eigenvalue weighted by Crippen LogP contribution is -2.59. The molecule has 0 N–H and O–H groups in total. The van der Waals surface area contributed by atoms with E-state index in [2.05, 4.69) is 9.47 Å². The second-order valence-electron chi connectivity index (χ2n) is 5.39. The van der Waals surface area contributed by atoms with Crippen molar-refractivity contribution in [1.29, 1.82) is 0 Å². The smallest absolute Gasteiger partial charge is 0.330 e. The fraction of sp³-hybridized carbons (Fsp3) is 0.500. The van der Waals surface area contributed by atoms with Crippen molar-refractivity contribution < 1.29 is 28.7 Å². The van der Waals surface area contributed by atoms with E-state index in [1.54, 1.807) is 23.6 Å². The molecule has 0 unspecified atom stereocenters. The topological polar surface area (TPSA) is 93.2 Å². The molecule has 1 heterocycles. The van der Waals surface area contributed by atoms with E-state index in [9.17, 15) is 19.2 Å². The Bertz CT molecular complexity index is 519. The molecule has 0 spiro atoms. The number of rotatable bonds is 4. The van der Waals surface area contributed by atoms with Crippen LogP contribution in [0.3, 0.4) is 0 Å².